The molecule has 0 saturated carbocycles. The van der Waals surface area contributed by atoms with Crippen molar-refractivity contribution >= 4 is 8.07 Å². The second-order valence-corrected chi connectivity index (χ2v) is 8.30. The van der Waals surface area contributed by atoms with Gasteiger partial charge in [-0.05, 0) is 6.02 Å². The lowest BCUT2D eigenvalue weighted by Crippen LogP contribution is -2.23. The maximum atomic E-state index is 7.75. The summed E-state index contributed by atoms with van der Waals surface area (Å²) < 4.78 is 7.75. The third-order valence-corrected chi connectivity index (χ3v) is 4.52. The van der Waals surface area contributed by atoms with Crippen LogP contribution in [0.1, 0.15) is 21.1 Å². The average Bonchev–Trinajstić information content (AvgIpc) is 1.99. The van der Waals surface area contributed by atoms with Crippen LogP contribution in [0.3, 0.4) is 0 Å². The van der Waals surface area contributed by atoms with E-state index < -0.39 is 8.07 Å². The summed E-state index contributed by atoms with van der Waals surface area (Å²) in [6, 6.07) is 1.29. The van der Waals surface area contributed by atoms with Crippen LogP contribution in [-0.2, 0) is 0 Å². The van der Waals surface area contributed by atoms with Crippen molar-refractivity contribution in [1.82, 2.24) is 0 Å². The number of hydrogen-bond acceptors (Lipinski definition) is 0. The van der Waals surface area contributed by atoms with Crippen LogP contribution in [-0.4, -0.2) is 8.07 Å². The van der Waals surface area contributed by atoms with E-state index in [0.29, 0.717) is 0 Å². The van der Waals surface area contributed by atoms with Crippen molar-refractivity contribution in [2.24, 2.45) is 0 Å². The van der Waals surface area contributed by atoms with Gasteiger partial charge in [0.05, 0.1) is 8.07 Å². The van der Waals surface area contributed by atoms with Gasteiger partial charge in [-0.1, -0.05) is 45.0 Å². The fraction of sp³-hybridized carbons (Fsp3) is 0.778. The first-order valence-electron chi connectivity index (χ1n) is 4.67. The summed E-state index contributed by atoms with van der Waals surface area (Å²) in [5.41, 5.74) is 0. The van der Waals surface area contributed by atoms with Crippen LogP contribution >= 0.6 is 0 Å². The summed E-state index contributed by atoms with van der Waals surface area (Å²) in [6.07, 6.45) is 4.32. The zero-order chi connectivity index (χ0) is 8.91. The Hall–Kier alpha value is -0.0431. The highest BCUT2D eigenvalue weighted by atomic mass is 28.3. The summed E-state index contributed by atoms with van der Waals surface area (Å²) in [7, 11) is -1.28. The largest absolute Gasteiger partial charge is 0.103 e. The molecule has 60 valence electrons. The molecular weight excluding hydrogens is 136 g/mol. The van der Waals surface area contributed by atoms with E-state index in [1.165, 1.54) is 18.9 Å². The summed E-state index contributed by atoms with van der Waals surface area (Å²) in [6.45, 7) is 10.4. The van der Waals surface area contributed by atoms with Crippen molar-refractivity contribution < 1.29 is 1.37 Å². The first-order valence-corrected chi connectivity index (χ1v) is 7.38. The quantitative estimate of drug-likeness (QED) is 0.423. The topological polar surface area (TPSA) is 0 Å². The monoisotopic (exact) mass is 158 g/mol. The lowest BCUT2D eigenvalue weighted by atomic mass is 10.4. The van der Waals surface area contributed by atoms with E-state index >= 15 is 0 Å². The zero-order valence-corrected chi connectivity index (χ0v) is 8.48. The molecule has 0 aliphatic carbocycles. The Bertz CT molecular complexity index is 121. The summed E-state index contributed by atoms with van der Waals surface area (Å²) >= 11 is 0. The molecule has 0 rings (SSSR count). The van der Waals surface area contributed by atoms with Gasteiger partial charge in [0, 0.05) is 1.37 Å². The van der Waals surface area contributed by atoms with E-state index in [0.717, 1.165) is 0 Å². The molecule has 0 nitrogen and oxygen atoms in total. The highest BCUT2D eigenvalue weighted by molar-refractivity contribution is 6.77. The molecule has 0 amide bonds. The average molecular weight is 158 g/mol. The molecule has 0 aliphatic rings. The van der Waals surface area contributed by atoms with Gasteiger partial charge in [0.25, 0.3) is 0 Å². The van der Waals surface area contributed by atoms with Gasteiger partial charge in [0.2, 0.25) is 0 Å². The number of hydrogen-bond donors (Lipinski definition) is 0. The van der Waals surface area contributed by atoms with Crippen molar-refractivity contribution in [2.75, 3.05) is 0 Å². The van der Waals surface area contributed by atoms with Crippen LogP contribution < -0.4 is 0 Å². The summed E-state index contributed by atoms with van der Waals surface area (Å²) in [4.78, 5) is 0. The van der Waals surface area contributed by atoms with E-state index in [1.54, 1.807) is 6.08 Å². The number of allylic oxidation sites excluding steroid dienone is 1. The van der Waals surface area contributed by atoms with Crippen LogP contribution in [0.2, 0.25) is 25.2 Å². The molecule has 1 unspecified atom stereocenters. The molecule has 0 radical (unpaired) electrons. The molecular formula is C9H20Si. The predicted molar refractivity (Wildman–Crippen MR) is 52.2 cm³/mol. The Morgan fingerprint density at radius 1 is 1.60 bits per heavy atom. The Balaban J connectivity index is 3.87. The van der Waals surface area contributed by atoms with Gasteiger partial charge in [-0.25, -0.2) is 0 Å². The Morgan fingerprint density at radius 3 is 2.60 bits per heavy atom. The van der Waals surface area contributed by atoms with E-state index in [2.05, 4.69) is 26.6 Å². The Kier molecular flexibility index (Phi) is 3.81. The van der Waals surface area contributed by atoms with Gasteiger partial charge >= 0.3 is 0 Å². The van der Waals surface area contributed by atoms with Crippen molar-refractivity contribution in [3.8, 4) is 0 Å². The third-order valence-electron chi connectivity index (χ3n) is 1.74. The molecule has 0 saturated heterocycles. The van der Waals surface area contributed by atoms with Crippen LogP contribution in [0.15, 0.2) is 12.7 Å². The van der Waals surface area contributed by atoms with Gasteiger partial charge in [-0.15, -0.1) is 6.58 Å². The lowest BCUT2D eigenvalue weighted by molar-refractivity contribution is 0.866. The Morgan fingerprint density at radius 2 is 2.20 bits per heavy atom. The van der Waals surface area contributed by atoms with Crippen LogP contribution in [0, 0.1) is 0 Å². The van der Waals surface area contributed by atoms with Crippen LogP contribution in [0.4, 0.5) is 0 Å². The molecule has 0 heterocycles. The van der Waals surface area contributed by atoms with Crippen LogP contribution in [0.25, 0.3) is 0 Å². The first-order chi connectivity index (χ1) is 5.04. The van der Waals surface area contributed by atoms with Crippen LogP contribution in [0.5, 0.6) is 0 Å². The molecule has 0 aromatic rings. The zero-order valence-electron chi connectivity index (χ0n) is 8.48. The van der Waals surface area contributed by atoms with Crippen molar-refractivity contribution in [1.29, 1.82) is 0 Å². The van der Waals surface area contributed by atoms with Gasteiger partial charge < -0.3 is 0 Å². The van der Waals surface area contributed by atoms with E-state index in [4.69, 9.17) is 1.37 Å². The second kappa shape index (κ2) is 4.72. The standard InChI is InChI=1S/C9H20Si/c1-5-7-9-10(3,4)8-6-2/h6H,2,5,7-9H2,1,3-4H3/i8T. The maximum Gasteiger partial charge on any atom is 0.0511 e. The third kappa shape index (κ3) is 4.80. The molecule has 1 atom stereocenters. The molecule has 0 N–H and O–H groups in total. The molecule has 0 aliphatic heterocycles. The van der Waals surface area contributed by atoms with Gasteiger partial charge in [0.1, 0.15) is 0 Å². The molecule has 10 heavy (non-hydrogen) atoms. The second-order valence-electron chi connectivity index (χ2n) is 3.49. The fourth-order valence-electron chi connectivity index (χ4n) is 1.03. The Labute approximate surface area is 67.8 Å². The maximum absolute atomic E-state index is 7.75. The summed E-state index contributed by atoms with van der Waals surface area (Å²) in [5.74, 6) is 0. The highest BCUT2D eigenvalue weighted by Crippen LogP contribution is 2.18. The minimum absolute atomic E-state index is 0.0223. The molecule has 0 aromatic heterocycles. The molecule has 0 fully saturated rings. The van der Waals surface area contributed by atoms with Gasteiger partial charge in [-0.3, -0.25) is 0 Å². The summed E-state index contributed by atoms with van der Waals surface area (Å²) in [5, 5.41) is 0. The lowest BCUT2D eigenvalue weighted by Gasteiger charge is -2.19. The number of rotatable bonds is 5. The molecule has 1 heteroatoms. The van der Waals surface area contributed by atoms with Crippen molar-refractivity contribution in [3.05, 3.63) is 12.7 Å². The van der Waals surface area contributed by atoms with Gasteiger partial charge in [-0.2, -0.15) is 0 Å². The SMILES string of the molecule is [3H]C(C=C)[Si](C)(C)CCCC. The van der Waals surface area contributed by atoms with Crippen molar-refractivity contribution in [2.45, 2.75) is 44.9 Å². The van der Waals surface area contributed by atoms with E-state index in [9.17, 15) is 0 Å². The molecule has 0 spiro atoms. The predicted octanol–water partition coefficient (Wildman–Crippen LogP) is 3.68. The van der Waals surface area contributed by atoms with E-state index in [1.807, 2.05) is 0 Å². The number of unbranched alkanes of at least 4 members (excludes halogenated alkanes) is 1. The molecule has 0 aromatic carbocycles. The molecule has 0 bridgehead atoms. The first kappa shape index (κ1) is 8.06. The normalized spacial score (nSPS) is 16.1. The van der Waals surface area contributed by atoms with E-state index in [-0.39, 0.29) is 6.02 Å². The smallest absolute Gasteiger partial charge is 0.0511 e. The highest BCUT2D eigenvalue weighted by Gasteiger charge is 2.16. The minimum atomic E-state index is -1.28. The van der Waals surface area contributed by atoms with Crippen molar-refractivity contribution in [3.63, 3.8) is 0 Å². The van der Waals surface area contributed by atoms with Gasteiger partial charge in [0.15, 0.2) is 0 Å². The fourth-order valence-corrected chi connectivity index (χ4v) is 3.10. The minimum Gasteiger partial charge on any atom is -0.103 e.